The maximum absolute atomic E-state index is 6.86. The van der Waals surface area contributed by atoms with Crippen LogP contribution in [0, 0.1) is 11.3 Å². The lowest BCUT2D eigenvalue weighted by Gasteiger charge is -2.45. The first kappa shape index (κ1) is 25.9. The highest BCUT2D eigenvalue weighted by Crippen LogP contribution is 2.43. The van der Waals surface area contributed by atoms with E-state index in [0.717, 1.165) is 24.8 Å². The quantitative estimate of drug-likeness (QED) is 0.292. The summed E-state index contributed by atoms with van der Waals surface area (Å²) in [5.41, 5.74) is 6.33. The number of hydrogen-bond donors (Lipinski definition) is 1. The van der Waals surface area contributed by atoms with E-state index in [4.69, 9.17) is 7.85 Å². The predicted molar refractivity (Wildman–Crippen MR) is 132 cm³/mol. The fourth-order valence-corrected chi connectivity index (χ4v) is 4.55. The Morgan fingerprint density at radius 1 is 1.10 bits per heavy atom. The lowest BCUT2D eigenvalue weighted by Crippen LogP contribution is -2.50. The van der Waals surface area contributed by atoms with E-state index in [1.54, 1.807) is 0 Å². The Morgan fingerprint density at radius 2 is 1.69 bits per heavy atom. The fraction of sp³-hybridized carbons (Fsp3) is 0.704. The first-order chi connectivity index (χ1) is 13.5. The second-order valence-electron chi connectivity index (χ2n) is 10.1. The molecule has 1 rings (SSSR count). The molecule has 1 nitrogen and oxygen atoms in total. The van der Waals surface area contributed by atoms with Gasteiger partial charge in [-0.1, -0.05) is 65.7 Å². The highest BCUT2D eigenvalue weighted by molar-refractivity contribution is 6.15. The molecule has 1 aliphatic carbocycles. The van der Waals surface area contributed by atoms with Gasteiger partial charge in [-0.2, -0.15) is 0 Å². The van der Waals surface area contributed by atoms with Crippen LogP contribution in [0.5, 0.6) is 0 Å². The van der Waals surface area contributed by atoms with E-state index in [1.807, 2.05) is 0 Å². The highest BCUT2D eigenvalue weighted by Gasteiger charge is 2.37. The number of rotatable bonds is 10. The maximum atomic E-state index is 6.86. The van der Waals surface area contributed by atoms with Crippen molar-refractivity contribution in [2.45, 2.75) is 112 Å². The van der Waals surface area contributed by atoms with E-state index in [2.05, 4.69) is 79.4 Å². The van der Waals surface area contributed by atoms with Crippen LogP contribution in [-0.4, -0.2) is 13.3 Å². The smallest absolute Gasteiger partial charge is 0.103 e. The van der Waals surface area contributed by atoms with Crippen LogP contribution < -0.4 is 5.32 Å². The molecule has 1 aliphatic rings. The summed E-state index contributed by atoms with van der Waals surface area (Å²) in [6, 6.07) is 0. The molecule has 0 heterocycles. The lowest BCUT2D eigenvalue weighted by molar-refractivity contribution is 0.154. The van der Waals surface area contributed by atoms with Crippen LogP contribution in [0.25, 0.3) is 0 Å². The summed E-state index contributed by atoms with van der Waals surface area (Å²) < 4.78 is 0. The third-order valence-corrected chi connectivity index (χ3v) is 6.55. The van der Waals surface area contributed by atoms with Crippen LogP contribution in [0.2, 0.25) is 0 Å². The van der Waals surface area contributed by atoms with Crippen LogP contribution in [-0.2, 0) is 0 Å². The Morgan fingerprint density at radius 3 is 2.14 bits per heavy atom. The molecular formula is C27H46BN. The zero-order valence-electron chi connectivity index (χ0n) is 20.7. The maximum Gasteiger partial charge on any atom is 0.103 e. The van der Waals surface area contributed by atoms with Gasteiger partial charge in [0.25, 0.3) is 0 Å². The first-order valence-electron chi connectivity index (χ1n) is 11.8. The van der Waals surface area contributed by atoms with Crippen molar-refractivity contribution in [2.24, 2.45) is 11.3 Å². The third-order valence-electron chi connectivity index (χ3n) is 6.55. The second kappa shape index (κ2) is 11.3. The van der Waals surface area contributed by atoms with Crippen molar-refractivity contribution in [3.8, 4) is 0 Å². The van der Waals surface area contributed by atoms with Crippen molar-refractivity contribution >= 4 is 7.85 Å². The van der Waals surface area contributed by atoms with Crippen molar-refractivity contribution in [3.05, 3.63) is 46.7 Å². The summed E-state index contributed by atoms with van der Waals surface area (Å²) >= 11 is 0. The Bertz CT molecular complexity index is 635. The molecule has 0 aromatic rings. The molecule has 0 spiro atoms. The minimum Gasteiger partial charge on any atom is -0.391 e. The number of nitrogens with one attached hydrogen (secondary N) is 1. The zero-order valence-corrected chi connectivity index (χ0v) is 20.7. The van der Waals surface area contributed by atoms with Gasteiger partial charge in [-0.3, -0.25) is 0 Å². The Balaban J connectivity index is 3.00. The molecule has 29 heavy (non-hydrogen) atoms. The van der Waals surface area contributed by atoms with Crippen molar-refractivity contribution < 1.29 is 0 Å². The molecular weight excluding hydrogens is 349 g/mol. The molecule has 0 unspecified atom stereocenters. The minimum absolute atomic E-state index is 0.304. The van der Waals surface area contributed by atoms with Crippen LogP contribution in [0.1, 0.15) is 107 Å². The zero-order chi connectivity index (χ0) is 22.2. The van der Waals surface area contributed by atoms with Gasteiger partial charge in [0.05, 0.1) is 0 Å². The standard InChI is InChI=1S/C27H46BN/c1-10-12-14-26(9)15-17-27(28,18-16-26)29-24(20(3)4)19-23(8)25(21(5)6)22(7)13-11-2/h13,19-20,29H,8,10-12,14-18H2,1-7,9H3/b22-13-,24-19+. The van der Waals surface area contributed by atoms with Gasteiger partial charge in [0.2, 0.25) is 0 Å². The van der Waals surface area contributed by atoms with Gasteiger partial charge in [0.1, 0.15) is 7.85 Å². The normalized spacial score (nSPS) is 25.8. The van der Waals surface area contributed by atoms with Crippen LogP contribution in [0.15, 0.2) is 46.7 Å². The third kappa shape index (κ3) is 7.87. The van der Waals surface area contributed by atoms with Gasteiger partial charge < -0.3 is 5.32 Å². The summed E-state index contributed by atoms with van der Waals surface area (Å²) in [5, 5.41) is 3.76. The van der Waals surface area contributed by atoms with E-state index < -0.39 is 0 Å². The van der Waals surface area contributed by atoms with E-state index >= 15 is 0 Å². The molecule has 2 heteroatoms. The van der Waals surface area contributed by atoms with Gasteiger partial charge in [-0.25, -0.2) is 0 Å². The van der Waals surface area contributed by atoms with Crippen LogP contribution in [0.4, 0.5) is 0 Å². The van der Waals surface area contributed by atoms with Gasteiger partial charge in [0, 0.05) is 5.70 Å². The van der Waals surface area contributed by atoms with E-state index in [1.165, 1.54) is 54.5 Å². The van der Waals surface area contributed by atoms with Crippen LogP contribution >= 0.6 is 0 Å². The van der Waals surface area contributed by atoms with E-state index in [9.17, 15) is 0 Å². The molecule has 1 saturated carbocycles. The van der Waals surface area contributed by atoms with Crippen molar-refractivity contribution in [3.63, 3.8) is 0 Å². The van der Waals surface area contributed by atoms with E-state index in [0.29, 0.717) is 11.3 Å². The largest absolute Gasteiger partial charge is 0.391 e. The number of unbranched alkanes of at least 4 members (excludes halogenated alkanes) is 1. The molecule has 2 radical (unpaired) electrons. The molecule has 0 aromatic heterocycles. The van der Waals surface area contributed by atoms with Gasteiger partial charge in [-0.15, -0.1) is 0 Å². The van der Waals surface area contributed by atoms with Gasteiger partial charge in [-0.05, 0) is 98.9 Å². The van der Waals surface area contributed by atoms with E-state index in [-0.39, 0.29) is 5.44 Å². The molecule has 0 atom stereocenters. The lowest BCUT2D eigenvalue weighted by atomic mass is 9.59. The molecule has 0 amide bonds. The highest BCUT2D eigenvalue weighted by atomic mass is 15.0. The Kier molecular flexibility index (Phi) is 10.1. The average Bonchev–Trinajstić information content (AvgIpc) is 2.62. The summed E-state index contributed by atoms with van der Waals surface area (Å²) in [7, 11) is 6.86. The van der Waals surface area contributed by atoms with Crippen molar-refractivity contribution in [1.82, 2.24) is 5.32 Å². The Hall–Kier alpha value is -1.18. The molecule has 1 N–H and O–H groups in total. The SMILES string of the molecule is [B]C1(N/C(=C/C(=C)C(=C(C)C)/C(C)=C\CC)C(C)C)CCC(C)(CCCC)CC1. The van der Waals surface area contributed by atoms with Gasteiger partial charge in [0.15, 0.2) is 0 Å². The predicted octanol–water partition coefficient (Wildman–Crippen LogP) is 8.00. The summed E-state index contributed by atoms with van der Waals surface area (Å²) in [6.45, 7) is 22.3. The molecule has 0 saturated heterocycles. The minimum atomic E-state index is -0.304. The van der Waals surface area contributed by atoms with Crippen molar-refractivity contribution in [1.29, 1.82) is 0 Å². The summed E-state index contributed by atoms with van der Waals surface area (Å²) in [4.78, 5) is 0. The first-order valence-corrected chi connectivity index (χ1v) is 11.8. The fourth-order valence-electron chi connectivity index (χ4n) is 4.55. The molecule has 0 bridgehead atoms. The topological polar surface area (TPSA) is 12.0 Å². The Labute approximate surface area is 183 Å². The summed E-state index contributed by atoms with van der Waals surface area (Å²) in [6.07, 6.45) is 14.0. The number of allylic oxidation sites excluding steroid dienone is 7. The summed E-state index contributed by atoms with van der Waals surface area (Å²) in [5.74, 6) is 0.384. The molecule has 0 aromatic carbocycles. The molecule has 0 aliphatic heterocycles. The van der Waals surface area contributed by atoms with Gasteiger partial charge >= 0.3 is 0 Å². The molecule has 162 valence electrons. The van der Waals surface area contributed by atoms with Crippen LogP contribution in [0.3, 0.4) is 0 Å². The average molecular weight is 395 g/mol. The monoisotopic (exact) mass is 395 g/mol. The molecule has 1 fully saturated rings. The van der Waals surface area contributed by atoms with Crippen molar-refractivity contribution in [2.75, 3.05) is 0 Å². The number of hydrogen-bond acceptors (Lipinski definition) is 1. The second-order valence-corrected chi connectivity index (χ2v) is 10.1.